The van der Waals surface area contributed by atoms with Gasteiger partial charge in [0.1, 0.15) is 11.8 Å². The van der Waals surface area contributed by atoms with E-state index in [0.717, 1.165) is 12.7 Å². The standard InChI is InChI=1S/C34H32ClF3N8O7/c1-52-29(51)25(14-17-39-27(49)28(50)40-22-10-12-24(47)13-11-22)42-26(48)19-2-8-23(9-3-19)41-30-43-31(45-32(44-30)53-18-34(36,37)38)46-33(15-16-33)20-4-6-21(35)7-5-20/h2-13,25,47H,14-18H2,1H3,(H,39,49)(H,40,50)(H,42,48)(H2,41,43,44,45,46)/t25-/m0/s1. The van der Waals surface area contributed by atoms with Crippen molar-refractivity contribution in [3.63, 3.8) is 0 Å². The van der Waals surface area contributed by atoms with E-state index in [2.05, 4.69) is 41.5 Å². The number of carbonyl (C=O) groups excluding carboxylic acids is 4. The van der Waals surface area contributed by atoms with Crippen molar-refractivity contribution in [1.82, 2.24) is 25.6 Å². The topological polar surface area (TPSA) is 206 Å². The van der Waals surface area contributed by atoms with Crippen LogP contribution >= 0.6 is 11.6 Å². The molecule has 5 rings (SSSR count). The van der Waals surface area contributed by atoms with Gasteiger partial charge >= 0.3 is 30.0 Å². The molecule has 1 fully saturated rings. The first-order chi connectivity index (χ1) is 25.2. The molecule has 0 aliphatic heterocycles. The predicted octanol–water partition coefficient (Wildman–Crippen LogP) is 4.43. The first kappa shape index (κ1) is 38.1. The second-order valence-corrected chi connectivity index (χ2v) is 12.1. The molecule has 19 heteroatoms. The van der Waals surface area contributed by atoms with Crippen molar-refractivity contribution >= 4 is 58.6 Å². The SMILES string of the molecule is COC(=O)[C@H](CCNC(=O)C(=O)Nc1ccc(O)cc1)NC(=O)c1ccc(Nc2nc(NC3(c4ccc(Cl)cc4)CC3)nc(OCC(F)(F)F)n2)cc1. The summed E-state index contributed by atoms with van der Waals surface area (Å²) in [6, 6.07) is 16.5. The molecule has 1 aliphatic rings. The molecular weight excluding hydrogens is 725 g/mol. The van der Waals surface area contributed by atoms with Crippen LogP contribution in [-0.4, -0.2) is 76.2 Å². The number of methoxy groups -OCH3 is 1. The van der Waals surface area contributed by atoms with E-state index in [1.807, 2.05) is 12.1 Å². The van der Waals surface area contributed by atoms with Crippen LogP contribution in [0, 0.1) is 0 Å². The van der Waals surface area contributed by atoms with Crippen LogP contribution in [0.2, 0.25) is 5.02 Å². The molecule has 3 amide bonds. The third-order valence-corrected chi connectivity index (χ3v) is 7.97. The molecule has 15 nitrogen and oxygen atoms in total. The van der Waals surface area contributed by atoms with Gasteiger partial charge in [0, 0.05) is 28.5 Å². The van der Waals surface area contributed by atoms with Crippen LogP contribution in [0.25, 0.3) is 0 Å². The zero-order valence-electron chi connectivity index (χ0n) is 27.8. The normalized spacial score (nSPS) is 13.5. The van der Waals surface area contributed by atoms with Crippen LogP contribution in [0.3, 0.4) is 0 Å². The summed E-state index contributed by atoms with van der Waals surface area (Å²) < 4.78 is 48.4. The minimum atomic E-state index is -4.64. The van der Waals surface area contributed by atoms with Crippen LogP contribution in [0.1, 0.15) is 35.2 Å². The number of nitrogens with one attached hydrogen (secondary N) is 5. The summed E-state index contributed by atoms with van der Waals surface area (Å²) in [5.74, 6) is -3.65. The molecule has 6 N–H and O–H groups in total. The number of esters is 1. The number of benzene rings is 3. The van der Waals surface area contributed by atoms with Gasteiger partial charge in [-0.15, -0.1) is 0 Å². The Kier molecular flexibility index (Phi) is 11.8. The Bertz CT molecular complexity index is 1950. The largest absolute Gasteiger partial charge is 0.508 e. The predicted molar refractivity (Wildman–Crippen MR) is 185 cm³/mol. The fourth-order valence-electron chi connectivity index (χ4n) is 4.88. The number of halogens is 4. The molecule has 1 heterocycles. The molecule has 1 aromatic heterocycles. The number of aromatic nitrogens is 3. The van der Waals surface area contributed by atoms with Crippen LogP contribution in [0.5, 0.6) is 11.8 Å². The van der Waals surface area contributed by atoms with Gasteiger partial charge in [0.25, 0.3) is 5.91 Å². The lowest BCUT2D eigenvalue weighted by atomic mass is 10.1. The van der Waals surface area contributed by atoms with Crippen molar-refractivity contribution in [3.05, 3.63) is 88.9 Å². The number of nitrogens with zero attached hydrogens (tertiary/aromatic N) is 3. The molecule has 0 spiro atoms. The van der Waals surface area contributed by atoms with Crippen molar-refractivity contribution < 1.29 is 46.9 Å². The Morgan fingerprint density at radius 2 is 1.53 bits per heavy atom. The number of hydrogen-bond donors (Lipinski definition) is 6. The fourth-order valence-corrected chi connectivity index (χ4v) is 5.01. The molecule has 0 saturated heterocycles. The highest BCUT2D eigenvalue weighted by Gasteiger charge is 2.45. The highest BCUT2D eigenvalue weighted by atomic mass is 35.5. The zero-order valence-corrected chi connectivity index (χ0v) is 28.5. The fraction of sp³-hybridized carbons (Fsp3) is 0.265. The number of alkyl halides is 3. The molecule has 0 radical (unpaired) electrons. The van der Waals surface area contributed by atoms with Crippen LogP contribution in [0.4, 0.5) is 36.4 Å². The van der Waals surface area contributed by atoms with Crippen LogP contribution in [0.15, 0.2) is 72.8 Å². The number of carbonyl (C=O) groups is 4. The summed E-state index contributed by atoms with van der Waals surface area (Å²) in [7, 11) is 1.12. The lowest BCUT2D eigenvalue weighted by Gasteiger charge is -2.19. The quantitative estimate of drug-likeness (QED) is 0.0601. The molecule has 1 saturated carbocycles. The maximum absolute atomic E-state index is 13.0. The summed E-state index contributed by atoms with van der Waals surface area (Å²) in [6.07, 6.45) is -3.35. The number of aromatic hydroxyl groups is 1. The highest BCUT2D eigenvalue weighted by Crippen LogP contribution is 2.48. The first-order valence-corrected chi connectivity index (χ1v) is 16.2. The van der Waals surface area contributed by atoms with Gasteiger partial charge < -0.3 is 41.2 Å². The molecule has 0 unspecified atom stereocenters. The van der Waals surface area contributed by atoms with Gasteiger partial charge in [-0.1, -0.05) is 23.7 Å². The van der Waals surface area contributed by atoms with E-state index < -0.39 is 54.1 Å². The highest BCUT2D eigenvalue weighted by molar-refractivity contribution is 6.39. The van der Waals surface area contributed by atoms with Crippen LogP contribution < -0.4 is 31.3 Å². The number of phenolic OH excluding ortho intramolecular Hbond substituents is 1. The van der Waals surface area contributed by atoms with Gasteiger partial charge in [0.05, 0.1) is 12.6 Å². The Hall–Kier alpha value is -6.17. The molecule has 278 valence electrons. The van der Waals surface area contributed by atoms with Crippen molar-refractivity contribution in [3.8, 4) is 11.8 Å². The van der Waals surface area contributed by atoms with Gasteiger partial charge in [0.15, 0.2) is 6.61 Å². The number of ether oxygens (including phenoxy) is 2. The molecule has 53 heavy (non-hydrogen) atoms. The molecule has 0 bridgehead atoms. The monoisotopic (exact) mass is 756 g/mol. The summed E-state index contributed by atoms with van der Waals surface area (Å²) in [5, 5.41) is 23.2. The van der Waals surface area contributed by atoms with E-state index in [1.54, 1.807) is 12.1 Å². The maximum atomic E-state index is 13.0. The van der Waals surface area contributed by atoms with E-state index in [1.165, 1.54) is 48.5 Å². The number of rotatable bonds is 14. The van der Waals surface area contributed by atoms with E-state index >= 15 is 0 Å². The van der Waals surface area contributed by atoms with Gasteiger partial charge in [-0.05, 0) is 85.5 Å². The van der Waals surface area contributed by atoms with Gasteiger partial charge in [-0.25, -0.2) is 4.79 Å². The second kappa shape index (κ2) is 16.4. The Labute approximate surface area is 304 Å². The summed E-state index contributed by atoms with van der Waals surface area (Å²) in [5.41, 5.74) is 1.06. The minimum Gasteiger partial charge on any atom is -0.508 e. The molecule has 4 aromatic rings. The lowest BCUT2D eigenvalue weighted by Crippen LogP contribution is -2.44. The third kappa shape index (κ3) is 10.9. The van der Waals surface area contributed by atoms with E-state index in [4.69, 9.17) is 21.1 Å². The Balaban J connectivity index is 1.21. The van der Waals surface area contributed by atoms with Gasteiger partial charge in [-0.3, -0.25) is 14.4 Å². The molecule has 1 atom stereocenters. The van der Waals surface area contributed by atoms with Crippen LogP contribution in [-0.2, 0) is 24.7 Å². The third-order valence-electron chi connectivity index (χ3n) is 7.72. The van der Waals surface area contributed by atoms with E-state index in [0.29, 0.717) is 23.6 Å². The zero-order chi connectivity index (χ0) is 38.2. The molecule has 3 aromatic carbocycles. The second-order valence-electron chi connectivity index (χ2n) is 11.7. The number of phenols is 1. The smallest absolute Gasteiger partial charge is 0.422 e. The van der Waals surface area contributed by atoms with Crippen molar-refractivity contribution in [2.24, 2.45) is 0 Å². The van der Waals surface area contributed by atoms with Gasteiger partial charge in [0.2, 0.25) is 11.9 Å². The average molecular weight is 757 g/mol. The summed E-state index contributed by atoms with van der Waals surface area (Å²) in [6.45, 7) is -1.81. The lowest BCUT2D eigenvalue weighted by molar-refractivity contribution is -0.154. The maximum Gasteiger partial charge on any atom is 0.422 e. The Morgan fingerprint density at radius 3 is 2.15 bits per heavy atom. The van der Waals surface area contributed by atoms with Crippen molar-refractivity contribution in [2.75, 3.05) is 36.2 Å². The number of anilines is 4. The van der Waals surface area contributed by atoms with Crippen molar-refractivity contribution in [2.45, 2.75) is 37.0 Å². The molecule has 1 aliphatic carbocycles. The summed E-state index contributed by atoms with van der Waals surface area (Å²) in [4.78, 5) is 62.1. The molecular formula is C34H32ClF3N8O7. The van der Waals surface area contributed by atoms with E-state index in [9.17, 15) is 37.5 Å². The Morgan fingerprint density at radius 1 is 0.887 bits per heavy atom. The first-order valence-electron chi connectivity index (χ1n) is 15.9. The number of hydrogen-bond acceptors (Lipinski definition) is 12. The van der Waals surface area contributed by atoms with Gasteiger partial charge in [-0.2, -0.15) is 28.1 Å². The number of amides is 3. The summed E-state index contributed by atoms with van der Waals surface area (Å²) >= 11 is 6.02. The minimum absolute atomic E-state index is 0.0228. The average Bonchev–Trinajstić information content (AvgIpc) is 3.91. The van der Waals surface area contributed by atoms with Crippen molar-refractivity contribution in [1.29, 1.82) is 0 Å². The van der Waals surface area contributed by atoms with E-state index in [-0.39, 0.29) is 41.9 Å².